The number of unbranched alkanes of at least 4 members (excludes halogenated alkanes) is 1. The third-order valence-electron chi connectivity index (χ3n) is 3.60. The van der Waals surface area contributed by atoms with E-state index in [2.05, 4.69) is 6.92 Å². The second-order valence-corrected chi connectivity index (χ2v) is 5.64. The van der Waals surface area contributed by atoms with E-state index in [1.807, 2.05) is 25.7 Å². The SMILES string of the molecule is CCCCC(C)C(=O)N1CC(C(C)(C)O)C1. The molecule has 0 aromatic carbocycles. The molecule has 1 N–H and O–H groups in total. The van der Waals surface area contributed by atoms with Gasteiger partial charge in [-0.3, -0.25) is 4.79 Å². The average molecular weight is 227 g/mol. The Kier molecular flexibility index (Phi) is 4.36. The molecule has 1 heterocycles. The number of aliphatic hydroxyl groups is 1. The number of carbonyl (C=O) groups is 1. The molecule has 16 heavy (non-hydrogen) atoms. The third-order valence-corrected chi connectivity index (χ3v) is 3.60. The van der Waals surface area contributed by atoms with E-state index >= 15 is 0 Å². The molecule has 1 fully saturated rings. The lowest BCUT2D eigenvalue weighted by atomic mass is 9.83. The number of nitrogens with zero attached hydrogens (tertiary/aromatic N) is 1. The zero-order valence-electron chi connectivity index (χ0n) is 11.0. The van der Waals surface area contributed by atoms with Crippen LogP contribution in [-0.2, 0) is 4.79 Å². The molecule has 3 heteroatoms. The fraction of sp³-hybridized carbons (Fsp3) is 0.923. The van der Waals surface area contributed by atoms with Crippen molar-refractivity contribution in [1.82, 2.24) is 4.90 Å². The third kappa shape index (κ3) is 3.21. The molecule has 1 unspecified atom stereocenters. The van der Waals surface area contributed by atoms with Gasteiger partial charge in [0.15, 0.2) is 0 Å². The lowest BCUT2D eigenvalue weighted by molar-refractivity contribution is -0.148. The van der Waals surface area contributed by atoms with Crippen LogP contribution in [0.3, 0.4) is 0 Å². The lowest BCUT2D eigenvalue weighted by Gasteiger charge is -2.46. The first-order valence-corrected chi connectivity index (χ1v) is 6.37. The van der Waals surface area contributed by atoms with Crippen LogP contribution in [0.2, 0.25) is 0 Å². The predicted octanol–water partition coefficient (Wildman–Crippen LogP) is 2.04. The fourth-order valence-electron chi connectivity index (χ4n) is 2.05. The number of likely N-dealkylation sites (tertiary alicyclic amines) is 1. The molecule has 1 aliphatic heterocycles. The molecule has 0 spiro atoms. The highest BCUT2D eigenvalue weighted by Crippen LogP contribution is 2.28. The molecule has 3 nitrogen and oxygen atoms in total. The van der Waals surface area contributed by atoms with Gasteiger partial charge in [-0.2, -0.15) is 0 Å². The van der Waals surface area contributed by atoms with Gasteiger partial charge in [-0.15, -0.1) is 0 Å². The zero-order valence-corrected chi connectivity index (χ0v) is 11.0. The van der Waals surface area contributed by atoms with Crippen LogP contribution in [-0.4, -0.2) is 34.6 Å². The standard InChI is InChI=1S/C13H25NO2/c1-5-6-7-10(2)12(15)14-8-11(9-14)13(3,4)16/h10-11,16H,5-9H2,1-4H3. The first-order valence-electron chi connectivity index (χ1n) is 6.37. The Balaban J connectivity index is 2.31. The van der Waals surface area contributed by atoms with Crippen LogP contribution in [0.1, 0.15) is 47.0 Å². The molecule has 0 aliphatic carbocycles. The number of amides is 1. The van der Waals surface area contributed by atoms with Gasteiger partial charge in [0, 0.05) is 24.9 Å². The summed E-state index contributed by atoms with van der Waals surface area (Å²) in [4.78, 5) is 13.8. The monoisotopic (exact) mass is 227 g/mol. The molecular formula is C13H25NO2. The summed E-state index contributed by atoms with van der Waals surface area (Å²) in [5.74, 6) is 0.645. The summed E-state index contributed by atoms with van der Waals surface area (Å²) in [6.07, 6.45) is 3.25. The number of hydrogen-bond donors (Lipinski definition) is 1. The first kappa shape index (κ1) is 13.5. The fourth-order valence-corrected chi connectivity index (χ4v) is 2.05. The maximum absolute atomic E-state index is 11.9. The maximum atomic E-state index is 11.9. The molecule has 1 amide bonds. The van der Waals surface area contributed by atoms with Crippen LogP contribution in [0, 0.1) is 11.8 Å². The summed E-state index contributed by atoms with van der Waals surface area (Å²) in [6, 6.07) is 0. The number of hydrogen-bond acceptors (Lipinski definition) is 2. The second kappa shape index (κ2) is 5.17. The van der Waals surface area contributed by atoms with E-state index < -0.39 is 5.60 Å². The smallest absolute Gasteiger partial charge is 0.225 e. The van der Waals surface area contributed by atoms with Crippen molar-refractivity contribution in [3.05, 3.63) is 0 Å². The van der Waals surface area contributed by atoms with E-state index in [0.717, 1.165) is 32.4 Å². The Morgan fingerprint density at radius 1 is 1.50 bits per heavy atom. The molecule has 1 rings (SSSR count). The van der Waals surface area contributed by atoms with Gasteiger partial charge in [-0.05, 0) is 20.3 Å². The first-order chi connectivity index (χ1) is 7.36. The molecule has 1 saturated heterocycles. The number of rotatable bonds is 5. The highest BCUT2D eigenvalue weighted by Gasteiger charge is 2.40. The quantitative estimate of drug-likeness (QED) is 0.781. The average Bonchev–Trinajstić information content (AvgIpc) is 2.09. The molecule has 0 aromatic rings. The van der Waals surface area contributed by atoms with Gasteiger partial charge < -0.3 is 10.0 Å². The van der Waals surface area contributed by atoms with E-state index in [-0.39, 0.29) is 17.7 Å². The van der Waals surface area contributed by atoms with Gasteiger partial charge in [0.25, 0.3) is 0 Å². The molecule has 0 saturated carbocycles. The van der Waals surface area contributed by atoms with Crippen molar-refractivity contribution < 1.29 is 9.90 Å². The molecule has 0 radical (unpaired) electrons. The van der Waals surface area contributed by atoms with E-state index in [4.69, 9.17) is 0 Å². The Morgan fingerprint density at radius 2 is 2.06 bits per heavy atom. The van der Waals surface area contributed by atoms with E-state index in [1.54, 1.807) is 0 Å². The Labute approximate surface area is 98.8 Å². The Morgan fingerprint density at radius 3 is 2.50 bits per heavy atom. The Hall–Kier alpha value is -0.570. The van der Waals surface area contributed by atoms with Crippen LogP contribution in [0.4, 0.5) is 0 Å². The van der Waals surface area contributed by atoms with E-state index in [9.17, 15) is 9.90 Å². The minimum absolute atomic E-state index is 0.141. The summed E-state index contributed by atoms with van der Waals surface area (Å²) in [5, 5.41) is 9.78. The van der Waals surface area contributed by atoms with Crippen molar-refractivity contribution >= 4 is 5.91 Å². The van der Waals surface area contributed by atoms with Crippen LogP contribution < -0.4 is 0 Å². The number of carbonyl (C=O) groups excluding carboxylic acids is 1. The molecular weight excluding hydrogens is 202 g/mol. The minimum atomic E-state index is -0.649. The zero-order chi connectivity index (χ0) is 12.3. The minimum Gasteiger partial charge on any atom is -0.390 e. The van der Waals surface area contributed by atoms with E-state index in [0.29, 0.717) is 0 Å². The predicted molar refractivity (Wildman–Crippen MR) is 65.1 cm³/mol. The van der Waals surface area contributed by atoms with E-state index in [1.165, 1.54) is 0 Å². The summed E-state index contributed by atoms with van der Waals surface area (Å²) < 4.78 is 0. The van der Waals surface area contributed by atoms with Crippen molar-refractivity contribution in [1.29, 1.82) is 0 Å². The van der Waals surface area contributed by atoms with Crippen molar-refractivity contribution in [2.75, 3.05) is 13.1 Å². The van der Waals surface area contributed by atoms with Gasteiger partial charge in [-0.25, -0.2) is 0 Å². The van der Waals surface area contributed by atoms with Gasteiger partial charge in [0.2, 0.25) is 5.91 Å². The summed E-state index contributed by atoms with van der Waals surface area (Å²) in [6.45, 7) is 9.23. The van der Waals surface area contributed by atoms with Crippen molar-refractivity contribution in [2.24, 2.45) is 11.8 Å². The topological polar surface area (TPSA) is 40.5 Å². The van der Waals surface area contributed by atoms with Crippen molar-refractivity contribution in [3.8, 4) is 0 Å². The summed E-state index contributed by atoms with van der Waals surface area (Å²) in [5.41, 5.74) is -0.649. The highest BCUT2D eigenvalue weighted by atomic mass is 16.3. The Bertz CT molecular complexity index is 239. The summed E-state index contributed by atoms with van der Waals surface area (Å²) >= 11 is 0. The second-order valence-electron chi connectivity index (χ2n) is 5.64. The summed E-state index contributed by atoms with van der Waals surface area (Å²) in [7, 11) is 0. The van der Waals surface area contributed by atoms with Crippen LogP contribution >= 0.6 is 0 Å². The highest BCUT2D eigenvalue weighted by molar-refractivity contribution is 5.79. The van der Waals surface area contributed by atoms with Crippen LogP contribution in [0.25, 0.3) is 0 Å². The van der Waals surface area contributed by atoms with Crippen molar-refractivity contribution in [3.63, 3.8) is 0 Å². The maximum Gasteiger partial charge on any atom is 0.225 e. The largest absolute Gasteiger partial charge is 0.390 e. The van der Waals surface area contributed by atoms with Crippen LogP contribution in [0.15, 0.2) is 0 Å². The molecule has 0 bridgehead atoms. The molecule has 1 aliphatic rings. The van der Waals surface area contributed by atoms with Gasteiger partial charge in [-0.1, -0.05) is 26.7 Å². The lowest BCUT2D eigenvalue weighted by Crippen LogP contribution is -2.58. The van der Waals surface area contributed by atoms with Gasteiger partial charge in [0.1, 0.15) is 0 Å². The molecule has 0 aromatic heterocycles. The molecule has 94 valence electrons. The van der Waals surface area contributed by atoms with Gasteiger partial charge in [0.05, 0.1) is 5.60 Å². The molecule has 1 atom stereocenters. The van der Waals surface area contributed by atoms with Crippen molar-refractivity contribution in [2.45, 2.75) is 52.6 Å². The van der Waals surface area contributed by atoms with Crippen LogP contribution in [0.5, 0.6) is 0 Å². The normalized spacial score (nSPS) is 19.4. The van der Waals surface area contributed by atoms with Gasteiger partial charge >= 0.3 is 0 Å².